The van der Waals surface area contributed by atoms with Gasteiger partial charge in [-0.15, -0.1) is 0 Å². The summed E-state index contributed by atoms with van der Waals surface area (Å²) >= 11 is 3.11. The molecule has 0 amide bonds. The summed E-state index contributed by atoms with van der Waals surface area (Å²) in [5.74, 6) is 0. The molecule has 0 radical (unpaired) electrons. The van der Waals surface area contributed by atoms with Gasteiger partial charge in [-0.2, -0.15) is 13.2 Å². The van der Waals surface area contributed by atoms with Crippen LogP contribution in [-0.4, -0.2) is 11.2 Å². The number of hydrogen-bond donors (Lipinski definition) is 1. The first kappa shape index (κ1) is 14.5. The minimum Gasteiger partial charge on any atom is -0.393 e. The predicted molar refractivity (Wildman–Crippen MR) is 63.8 cm³/mol. The lowest BCUT2D eigenvalue weighted by atomic mass is 10.0. The van der Waals surface area contributed by atoms with Gasteiger partial charge in [0.15, 0.2) is 0 Å². The number of aliphatic hydroxyl groups is 1. The van der Waals surface area contributed by atoms with Gasteiger partial charge in [-0.05, 0) is 30.5 Å². The van der Waals surface area contributed by atoms with E-state index in [1.165, 1.54) is 6.07 Å². The zero-order valence-electron chi connectivity index (χ0n) is 9.39. The predicted octanol–water partition coefficient (Wildman–Crippen LogP) is 4.17. The molecule has 0 bridgehead atoms. The molecule has 0 aromatic heterocycles. The van der Waals surface area contributed by atoms with Crippen molar-refractivity contribution in [2.24, 2.45) is 0 Å². The molecule has 17 heavy (non-hydrogen) atoms. The van der Waals surface area contributed by atoms with E-state index in [2.05, 4.69) is 15.9 Å². The molecule has 1 aromatic carbocycles. The maximum absolute atomic E-state index is 12.4. The van der Waals surface area contributed by atoms with E-state index in [9.17, 15) is 18.3 Å². The van der Waals surface area contributed by atoms with Gasteiger partial charge in [0.2, 0.25) is 0 Å². The lowest BCUT2D eigenvalue weighted by Crippen LogP contribution is -2.11. The average molecular weight is 311 g/mol. The molecular weight excluding hydrogens is 297 g/mol. The third-order valence-electron chi connectivity index (χ3n) is 2.46. The Morgan fingerprint density at radius 1 is 1.35 bits per heavy atom. The first-order chi connectivity index (χ1) is 7.84. The van der Waals surface area contributed by atoms with Crippen molar-refractivity contribution in [1.82, 2.24) is 0 Å². The van der Waals surface area contributed by atoms with Crippen LogP contribution in [0.25, 0.3) is 0 Å². The van der Waals surface area contributed by atoms with Gasteiger partial charge in [0.05, 0.1) is 11.7 Å². The molecule has 5 heteroatoms. The third-order valence-corrected chi connectivity index (χ3v) is 3.20. The van der Waals surface area contributed by atoms with Crippen molar-refractivity contribution < 1.29 is 18.3 Å². The molecule has 0 aliphatic heterocycles. The largest absolute Gasteiger partial charge is 0.416 e. The number of rotatable bonds is 4. The van der Waals surface area contributed by atoms with Crippen LogP contribution in [0.1, 0.15) is 30.9 Å². The van der Waals surface area contributed by atoms with Crippen molar-refractivity contribution in [3.8, 4) is 0 Å². The molecular formula is C12H14BrF3O. The molecule has 1 nitrogen and oxygen atoms in total. The van der Waals surface area contributed by atoms with Crippen LogP contribution < -0.4 is 0 Å². The van der Waals surface area contributed by atoms with E-state index in [4.69, 9.17) is 0 Å². The van der Waals surface area contributed by atoms with E-state index < -0.39 is 17.8 Å². The summed E-state index contributed by atoms with van der Waals surface area (Å²) in [6.07, 6.45) is -2.98. The van der Waals surface area contributed by atoms with Crippen LogP contribution in [0.5, 0.6) is 0 Å². The Balaban J connectivity index is 2.83. The van der Waals surface area contributed by atoms with Crippen molar-refractivity contribution in [1.29, 1.82) is 0 Å². The zero-order valence-corrected chi connectivity index (χ0v) is 11.0. The highest BCUT2D eigenvalue weighted by molar-refractivity contribution is 9.10. The Hall–Kier alpha value is -0.550. The van der Waals surface area contributed by atoms with E-state index >= 15 is 0 Å². The normalized spacial score (nSPS) is 13.8. The van der Waals surface area contributed by atoms with Gasteiger partial charge in [0.1, 0.15) is 0 Å². The zero-order chi connectivity index (χ0) is 13.1. The summed E-state index contributed by atoms with van der Waals surface area (Å²) < 4.78 is 37.6. The first-order valence-corrected chi connectivity index (χ1v) is 6.17. The number of hydrogen-bond acceptors (Lipinski definition) is 1. The Morgan fingerprint density at radius 2 is 2.00 bits per heavy atom. The fourth-order valence-electron chi connectivity index (χ4n) is 1.58. The molecule has 1 aromatic rings. The van der Waals surface area contributed by atoms with Crippen LogP contribution in [0.15, 0.2) is 22.7 Å². The van der Waals surface area contributed by atoms with Crippen LogP contribution in [0.3, 0.4) is 0 Å². The Labute approximate surface area is 107 Å². The molecule has 0 fully saturated rings. The highest BCUT2D eigenvalue weighted by Gasteiger charge is 2.30. The molecule has 0 heterocycles. The van der Waals surface area contributed by atoms with Gasteiger partial charge in [0, 0.05) is 4.47 Å². The minimum atomic E-state index is -4.33. The topological polar surface area (TPSA) is 20.2 Å². The van der Waals surface area contributed by atoms with Crippen molar-refractivity contribution in [2.75, 3.05) is 0 Å². The van der Waals surface area contributed by atoms with Crippen molar-refractivity contribution >= 4 is 15.9 Å². The number of benzene rings is 1. The fourth-order valence-corrected chi connectivity index (χ4v) is 2.12. The second-order valence-corrected chi connectivity index (χ2v) is 4.80. The van der Waals surface area contributed by atoms with Crippen molar-refractivity contribution in [3.63, 3.8) is 0 Å². The average Bonchev–Trinajstić information content (AvgIpc) is 2.20. The van der Waals surface area contributed by atoms with Crippen LogP contribution in [0, 0.1) is 0 Å². The smallest absolute Gasteiger partial charge is 0.393 e. The monoisotopic (exact) mass is 310 g/mol. The summed E-state index contributed by atoms with van der Waals surface area (Å²) in [6, 6.07) is 3.50. The standard InChI is InChI=1S/C12H14BrF3O/c1-2-3-10(17)6-8-4-5-9(7-11(8)13)12(14,15)16/h4-5,7,10,17H,2-3,6H2,1H3. The SMILES string of the molecule is CCCC(O)Cc1ccc(C(F)(F)F)cc1Br. The maximum atomic E-state index is 12.4. The van der Waals surface area contributed by atoms with Crippen LogP contribution >= 0.6 is 15.9 Å². The van der Waals surface area contributed by atoms with E-state index in [0.29, 0.717) is 22.9 Å². The third kappa shape index (κ3) is 4.32. The molecule has 1 rings (SSSR count). The molecule has 0 saturated carbocycles. The minimum absolute atomic E-state index is 0.368. The van der Waals surface area contributed by atoms with Gasteiger partial charge in [-0.25, -0.2) is 0 Å². The molecule has 0 aliphatic carbocycles. The van der Waals surface area contributed by atoms with E-state index in [-0.39, 0.29) is 0 Å². The van der Waals surface area contributed by atoms with Gasteiger partial charge in [-0.3, -0.25) is 0 Å². The van der Waals surface area contributed by atoms with Crippen LogP contribution in [0.4, 0.5) is 13.2 Å². The summed E-state index contributed by atoms with van der Waals surface area (Å²) in [5.41, 5.74) is 0.0112. The molecule has 1 atom stereocenters. The Kier molecular flexibility index (Phi) is 5.01. The summed E-state index contributed by atoms with van der Waals surface area (Å²) in [5, 5.41) is 9.61. The maximum Gasteiger partial charge on any atom is 0.416 e. The molecule has 1 unspecified atom stereocenters. The highest BCUT2D eigenvalue weighted by atomic mass is 79.9. The number of halogens is 4. The molecule has 0 aliphatic rings. The molecule has 0 spiro atoms. The Bertz CT molecular complexity index is 377. The van der Waals surface area contributed by atoms with Gasteiger partial charge >= 0.3 is 6.18 Å². The van der Waals surface area contributed by atoms with Gasteiger partial charge in [0.25, 0.3) is 0 Å². The van der Waals surface area contributed by atoms with Crippen molar-refractivity contribution in [3.05, 3.63) is 33.8 Å². The lowest BCUT2D eigenvalue weighted by molar-refractivity contribution is -0.137. The van der Waals surface area contributed by atoms with Crippen molar-refractivity contribution in [2.45, 2.75) is 38.5 Å². The quantitative estimate of drug-likeness (QED) is 0.885. The molecule has 96 valence electrons. The van der Waals surface area contributed by atoms with Crippen LogP contribution in [0.2, 0.25) is 0 Å². The fraction of sp³-hybridized carbons (Fsp3) is 0.500. The first-order valence-electron chi connectivity index (χ1n) is 5.38. The van der Waals surface area contributed by atoms with E-state index in [0.717, 1.165) is 18.6 Å². The van der Waals surface area contributed by atoms with E-state index in [1.54, 1.807) is 0 Å². The summed E-state index contributed by atoms with van der Waals surface area (Å²) in [6.45, 7) is 1.95. The second-order valence-electron chi connectivity index (χ2n) is 3.95. The Morgan fingerprint density at radius 3 is 2.47 bits per heavy atom. The lowest BCUT2D eigenvalue weighted by Gasteiger charge is -2.13. The number of aliphatic hydroxyl groups excluding tert-OH is 1. The number of alkyl halides is 3. The molecule has 1 N–H and O–H groups in total. The second kappa shape index (κ2) is 5.87. The van der Waals surface area contributed by atoms with Gasteiger partial charge < -0.3 is 5.11 Å². The van der Waals surface area contributed by atoms with Crippen LogP contribution in [-0.2, 0) is 12.6 Å². The highest BCUT2D eigenvalue weighted by Crippen LogP contribution is 2.32. The molecule has 0 saturated heterocycles. The summed E-state index contributed by atoms with van der Waals surface area (Å²) in [4.78, 5) is 0. The summed E-state index contributed by atoms with van der Waals surface area (Å²) in [7, 11) is 0. The van der Waals surface area contributed by atoms with E-state index in [1.807, 2.05) is 6.92 Å². The van der Waals surface area contributed by atoms with Gasteiger partial charge in [-0.1, -0.05) is 35.3 Å².